The molecule has 1 aliphatic heterocycles. The third-order valence-corrected chi connectivity index (χ3v) is 6.47. The topological polar surface area (TPSA) is 46.8 Å². The van der Waals surface area contributed by atoms with Gasteiger partial charge in [0.1, 0.15) is 11.6 Å². The van der Waals surface area contributed by atoms with Crippen molar-refractivity contribution in [2.75, 3.05) is 18.0 Å². The highest BCUT2D eigenvalue weighted by Gasteiger charge is 2.26. The van der Waals surface area contributed by atoms with Crippen LogP contribution in [0.3, 0.4) is 0 Å². The van der Waals surface area contributed by atoms with Crippen molar-refractivity contribution < 1.29 is 0 Å². The smallest absolute Gasteiger partial charge is 0.128 e. The van der Waals surface area contributed by atoms with Gasteiger partial charge in [0.2, 0.25) is 0 Å². The summed E-state index contributed by atoms with van der Waals surface area (Å²) in [6, 6.07) is 4.54. The van der Waals surface area contributed by atoms with E-state index in [2.05, 4.69) is 38.2 Å². The zero-order valence-corrected chi connectivity index (χ0v) is 16.4. The molecular formula is C21H25N5S. The highest BCUT2D eigenvalue weighted by molar-refractivity contribution is 7.07. The fraction of sp³-hybridized carbons (Fsp3) is 0.476. The number of piperidine rings is 1. The van der Waals surface area contributed by atoms with Gasteiger partial charge >= 0.3 is 0 Å². The molecule has 1 aliphatic carbocycles. The van der Waals surface area contributed by atoms with Gasteiger partial charge in [0, 0.05) is 42.5 Å². The summed E-state index contributed by atoms with van der Waals surface area (Å²) in [5, 5.41) is 2.12. The molecule has 3 aromatic rings. The molecule has 1 atom stereocenters. The lowest BCUT2D eigenvalue weighted by atomic mass is 9.95. The van der Waals surface area contributed by atoms with Crippen molar-refractivity contribution in [2.24, 2.45) is 0 Å². The molecule has 0 unspecified atom stereocenters. The average Bonchev–Trinajstić information content (AvgIpc) is 3.40. The minimum atomic E-state index is 0.449. The quantitative estimate of drug-likeness (QED) is 0.686. The summed E-state index contributed by atoms with van der Waals surface area (Å²) in [6.45, 7) is 2.90. The van der Waals surface area contributed by atoms with E-state index < -0.39 is 0 Å². The van der Waals surface area contributed by atoms with E-state index in [1.165, 1.54) is 49.2 Å². The second kappa shape index (κ2) is 7.43. The van der Waals surface area contributed by atoms with Gasteiger partial charge in [-0.2, -0.15) is 0 Å². The lowest BCUT2D eigenvalue weighted by Gasteiger charge is -2.34. The number of aryl methyl sites for hydroxylation is 2. The van der Waals surface area contributed by atoms with Gasteiger partial charge in [-0.1, -0.05) is 6.07 Å². The highest BCUT2D eigenvalue weighted by Crippen LogP contribution is 2.30. The van der Waals surface area contributed by atoms with Crippen molar-refractivity contribution in [3.8, 4) is 0 Å². The van der Waals surface area contributed by atoms with E-state index in [-0.39, 0.29) is 0 Å². The van der Waals surface area contributed by atoms with Gasteiger partial charge in [0.05, 0.1) is 17.7 Å². The number of aromatic nitrogens is 4. The van der Waals surface area contributed by atoms with Crippen LogP contribution in [-0.4, -0.2) is 32.6 Å². The first-order chi connectivity index (χ1) is 13.4. The van der Waals surface area contributed by atoms with Crippen molar-refractivity contribution >= 4 is 17.2 Å². The van der Waals surface area contributed by atoms with Gasteiger partial charge in [-0.15, -0.1) is 11.3 Å². The first-order valence-corrected chi connectivity index (χ1v) is 10.9. The number of nitrogens with zero attached hydrogens (tertiary/aromatic N) is 5. The fourth-order valence-electron chi connectivity index (χ4n) is 4.45. The molecule has 4 heterocycles. The first kappa shape index (κ1) is 16.9. The minimum absolute atomic E-state index is 0.449. The molecule has 6 heteroatoms. The van der Waals surface area contributed by atoms with Crippen molar-refractivity contribution in [1.82, 2.24) is 19.5 Å². The summed E-state index contributed by atoms with van der Waals surface area (Å²) in [7, 11) is 0. The first-order valence-electron chi connectivity index (χ1n) is 9.98. The summed E-state index contributed by atoms with van der Waals surface area (Å²) < 4.78 is 2.27. The largest absolute Gasteiger partial charge is 0.356 e. The van der Waals surface area contributed by atoms with E-state index in [0.717, 1.165) is 37.6 Å². The molecule has 1 fully saturated rings. The standard InChI is InChI=1S/C21H25N5S/c1-2-6-19-16(4-1)7-8-20(24-19)25-10-3-5-17(12-25)21-22-9-11-26(21)13-18-14-27-15-23-18/h7-9,11,14-15,17H,1-6,10,12-13H2/t17-/m0/s1. The molecular weight excluding hydrogens is 354 g/mol. The number of rotatable bonds is 4. The van der Waals surface area contributed by atoms with Crippen molar-refractivity contribution in [1.29, 1.82) is 0 Å². The van der Waals surface area contributed by atoms with Gasteiger partial charge in [0.25, 0.3) is 0 Å². The Labute approximate surface area is 164 Å². The maximum Gasteiger partial charge on any atom is 0.128 e. The predicted octanol–water partition coefficient (Wildman–Crippen LogP) is 4.05. The Bertz CT molecular complexity index is 901. The second-order valence-electron chi connectivity index (χ2n) is 7.66. The van der Waals surface area contributed by atoms with Crippen LogP contribution >= 0.6 is 11.3 Å². The summed E-state index contributed by atoms with van der Waals surface area (Å²) >= 11 is 1.65. The number of thiazole rings is 1. The number of fused-ring (bicyclic) bond motifs is 1. The second-order valence-corrected chi connectivity index (χ2v) is 8.38. The number of imidazole rings is 1. The molecule has 0 spiro atoms. The van der Waals surface area contributed by atoms with Crippen LogP contribution in [0.5, 0.6) is 0 Å². The molecule has 0 radical (unpaired) electrons. The van der Waals surface area contributed by atoms with Crippen LogP contribution in [0.4, 0.5) is 5.82 Å². The molecule has 0 N–H and O–H groups in total. The van der Waals surface area contributed by atoms with Gasteiger partial charge in [-0.3, -0.25) is 0 Å². The van der Waals surface area contributed by atoms with Crippen LogP contribution in [0.1, 0.15) is 54.4 Å². The van der Waals surface area contributed by atoms with Gasteiger partial charge in [-0.25, -0.2) is 15.0 Å². The Hall–Kier alpha value is -2.21. The Morgan fingerprint density at radius 2 is 2.07 bits per heavy atom. The van der Waals surface area contributed by atoms with Crippen LogP contribution in [0.15, 0.2) is 35.4 Å². The van der Waals surface area contributed by atoms with E-state index >= 15 is 0 Å². The molecule has 0 aromatic carbocycles. The number of anilines is 1. The zero-order valence-electron chi connectivity index (χ0n) is 15.5. The molecule has 0 bridgehead atoms. The summed E-state index contributed by atoms with van der Waals surface area (Å²) in [4.78, 5) is 16.6. The molecule has 5 nitrogen and oxygen atoms in total. The third kappa shape index (κ3) is 3.50. The molecule has 0 saturated carbocycles. The maximum atomic E-state index is 5.03. The molecule has 1 saturated heterocycles. The number of hydrogen-bond donors (Lipinski definition) is 0. The summed E-state index contributed by atoms with van der Waals surface area (Å²) in [5.74, 6) is 2.79. The summed E-state index contributed by atoms with van der Waals surface area (Å²) in [5.41, 5.74) is 5.79. The van der Waals surface area contributed by atoms with Crippen molar-refractivity contribution in [2.45, 2.75) is 51.0 Å². The number of hydrogen-bond acceptors (Lipinski definition) is 5. The van der Waals surface area contributed by atoms with Gasteiger partial charge in [0.15, 0.2) is 0 Å². The Balaban J connectivity index is 1.35. The molecule has 27 heavy (non-hydrogen) atoms. The monoisotopic (exact) mass is 379 g/mol. The molecule has 140 valence electrons. The Kier molecular flexibility index (Phi) is 4.66. The predicted molar refractivity (Wildman–Crippen MR) is 109 cm³/mol. The molecule has 3 aromatic heterocycles. The van der Waals surface area contributed by atoms with E-state index in [4.69, 9.17) is 9.97 Å². The molecule has 0 amide bonds. The third-order valence-electron chi connectivity index (χ3n) is 5.84. The fourth-order valence-corrected chi connectivity index (χ4v) is 5.00. The van der Waals surface area contributed by atoms with Gasteiger partial charge in [-0.05, 0) is 50.2 Å². The highest BCUT2D eigenvalue weighted by atomic mass is 32.1. The molecule has 2 aliphatic rings. The van der Waals surface area contributed by atoms with E-state index in [0.29, 0.717) is 5.92 Å². The van der Waals surface area contributed by atoms with Crippen molar-refractivity contribution in [3.63, 3.8) is 0 Å². The van der Waals surface area contributed by atoms with Crippen LogP contribution in [-0.2, 0) is 19.4 Å². The lowest BCUT2D eigenvalue weighted by Crippen LogP contribution is -2.36. The average molecular weight is 380 g/mol. The zero-order chi connectivity index (χ0) is 18.1. The SMILES string of the molecule is c1cn(Cc2cscn2)c([C@H]2CCCN(c3ccc4c(n3)CCCC4)C2)n1. The summed E-state index contributed by atoms with van der Waals surface area (Å²) in [6.07, 6.45) is 11.3. The Morgan fingerprint density at radius 3 is 3.00 bits per heavy atom. The van der Waals surface area contributed by atoms with Crippen molar-refractivity contribution in [3.05, 3.63) is 58.2 Å². The number of pyridine rings is 1. The molecule has 5 rings (SSSR count). The maximum absolute atomic E-state index is 5.03. The van der Waals surface area contributed by atoms with E-state index in [9.17, 15) is 0 Å². The van der Waals surface area contributed by atoms with Gasteiger partial charge < -0.3 is 9.47 Å². The van der Waals surface area contributed by atoms with Crippen LogP contribution in [0, 0.1) is 0 Å². The van der Waals surface area contributed by atoms with E-state index in [1.54, 1.807) is 11.3 Å². The normalized spacial score (nSPS) is 19.9. The van der Waals surface area contributed by atoms with E-state index in [1.807, 2.05) is 11.7 Å². The minimum Gasteiger partial charge on any atom is -0.356 e. The Morgan fingerprint density at radius 1 is 1.11 bits per heavy atom. The van der Waals surface area contributed by atoms with Crippen LogP contribution < -0.4 is 4.90 Å². The lowest BCUT2D eigenvalue weighted by molar-refractivity contribution is 0.473. The van der Waals surface area contributed by atoms with Crippen LogP contribution in [0.2, 0.25) is 0 Å². The van der Waals surface area contributed by atoms with Crippen LogP contribution in [0.25, 0.3) is 0 Å².